The van der Waals surface area contributed by atoms with Gasteiger partial charge in [-0.1, -0.05) is 32.4 Å². The molecule has 4 rings (SSSR count). The Balaban J connectivity index is 1.55. The number of hydrogen-bond donors (Lipinski definition) is 1. The Bertz CT molecular complexity index is 757. The van der Waals surface area contributed by atoms with Gasteiger partial charge in [-0.25, -0.2) is 0 Å². The maximum absolute atomic E-state index is 11.9. The second-order valence-corrected chi connectivity index (χ2v) is 10.1. The number of primary amides is 1. The highest BCUT2D eigenvalue weighted by atomic mass is 16.5. The molecule has 3 aliphatic rings. The minimum absolute atomic E-state index is 0.377. The molecule has 2 aliphatic heterocycles. The van der Waals surface area contributed by atoms with E-state index in [-0.39, 0.29) is 11.5 Å². The van der Waals surface area contributed by atoms with Crippen molar-refractivity contribution in [2.24, 2.45) is 23.5 Å². The molecule has 0 spiro atoms. The number of nitrogens with zero attached hydrogens (tertiary/aromatic N) is 1. The molecule has 1 saturated carbocycles. The summed E-state index contributed by atoms with van der Waals surface area (Å²) >= 11 is 0. The van der Waals surface area contributed by atoms with Crippen LogP contribution in [0.1, 0.15) is 74.7 Å². The van der Waals surface area contributed by atoms with Crippen LogP contribution in [0.5, 0.6) is 0 Å². The lowest BCUT2D eigenvalue weighted by molar-refractivity contribution is -0.133. The van der Waals surface area contributed by atoms with Crippen molar-refractivity contribution in [1.29, 1.82) is 0 Å². The molecule has 2 N–H and O–H groups in total. The molecule has 1 amide bonds. The third-order valence-corrected chi connectivity index (χ3v) is 8.29. The van der Waals surface area contributed by atoms with Crippen LogP contribution < -0.4 is 5.73 Å². The van der Waals surface area contributed by atoms with Crippen molar-refractivity contribution in [3.63, 3.8) is 0 Å². The van der Waals surface area contributed by atoms with Crippen LogP contribution in [0.25, 0.3) is 0 Å². The first-order valence-corrected chi connectivity index (χ1v) is 12.3. The average Bonchev–Trinajstić information content (AvgIpc) is 3.11. The predicted octanol–water partition coefficient (Wildman–Crippen LogP) is 4.34. The zero-order valence-electron chi connectivity index (χ0n) is 19.5. The number of rotatable bonds is 8. The number of nitrogens with two attached hydrogens (primary N) is 1. The summed E-state index contributed by atoms with van der Waals surface area (Å²) in [7, 11) is 1.85. The number of carbonyl (C=O) groups excluding carboxylic acids is 1. The Hall–Kier alpha value is -1.43. The fourth-order valence-electron chi connectivity index (χ4n) is 6.78. The molecule has 0 aromatic heterocycles. The summed E-state index contributed by atoms with van der Waals surface area (Å²) in [5.41, 5.74) is 6.88. The van der Waals surface area contributed by atoms with Crippen LogP contribution in [0.2, 0.25) is 0 Å². The monoisotopic (exact) mass is 428 g/mol. The molecular formula is C26H40N2O3. The highest BCUT2D eigenvalue weighted by molar-refractivity contribution is 5.92. The number of hydrogen-bond acceptors (Lipinski definition) is 4. The molecule has 3 fully saturated rings. The molecule has 2 bridgehead atoms. The van der Waals surface area contributed by atoms with Gasteiger partial charge in [-0.3, -0.25) is 4.79 Å². The summed E-state index contributed by atoms with van der Waals surface area (Å²) in [5.74, 6) is 1.14. The summed E-state index contributed by atoms with van der Waals surface area (Å²) in [6.07, 6.45) is 9.42. The summed E-state index contributed by atoms with van der Waals surface area (Å²) < 4.78 is 12.5. The lowest BCUT2D eigenvalue weighted by Gasteiger charge is -2.49. The van der Waals surface area contributed by atoms with E-state index < -0.39 is 0 Å². The molecule has 0 radical (unpaired) electrons. The lowest BCUT2D eigenvalue weighted by atomic mass is 9.65. The van der Waals surface area contributed by atoms with Crippen molar-refractivity contribution in [1.82, 2.24) is 4.90 Å². The van der Waals surface area contributed by atoms with Crippen molar-refractivity contribution >= 4 is 5.91 Å². The molecule has 2 saturated heterocycles. The number of benzene rings is 1. The number of fused-ring (bicyclic) bond motifs is 2. The molecule has 3 unspecified atom stereocenters. The Morgan fingerprint density at radius 3 is 2.58 bits per heavy atom. The molecular weight excluding hydrogens is 388 g/mol. The summed E-state index contributed by atoms with van der Waals surface area (Å²) in [5, 5.41) is 0. The molecule has 1 aromatic rings. The van der Waals surface area contributed by atoms with Crippen molar-refractivity contribution in [3.05, 3.63) is 35.4 Å². The van der Waals surface area contributed by atoms with Crippen LogP contribution in [-0.4, -0.2) is 49.8 Å². The SMILES string of the molecule is CCN(CC1CCCC(C)C1(OC)c1cccc(C(N)=O)c1)C[C@H]1C[C@H]2CC[C@@H](C1)O2. The van der Waals surface area contributed by atoms with E-state index in [0.29, 0.717) is 29.6 Å². The van der Waals surface area contributed by atoms with E-state index >= 15 is 0 Å². The third-order valence-electron chi connectivity index (χ3n) is 8.29. The number of methoxy groups -OCH3 is 1. The van der Waals surface area contributed by atoms with E-state index in [0.717, 1.165) is 44.0 Å². The van der Waals surface area contributed by atoms with Crippen LogP contribution in [0.3, 0.4) is 0 Å². The van der Waals surface area contributed by atoms with Gasteiger partial charge < -0.3 is 20.1 Å². The number of carbonyl (C=O) groups is 1. The van der Waals surface area contributed by atoms with Gasteiger partial charge in [-0.05, 0) is 74.6 Å². The van der Waals surface area contributed by atoms with Gasteiger partial charge >= 0.3 is 0 Å². The van der Waals surface area contributed by atoms with Gasteiger partial charge in [-0.2, -0.15) is 0 Å². The summed E-state index contributed by atoms with van der Waals surface area (Å²) in [6, 6.07) is 7.84. The van der Waals surface area contributed by atoms with E-state index in [9.17, 15) is 4.79 Å². The minimum atomic E-state index is -0.383. The van der Waals surface area contributed by atoms with Crippen molar-refractivity contribution in [3.8, 4) is 0 Å². The fourth-order valence-corrected chi connectivity index (χ4v) is 6.78. The van der Waals surface area contributed by atoms with Crippen LogP contribution in [0.15, 0.2) is 24.3 Å². The molecule has 172 valence electrons. The van der Waals surface area contributed by atoms with E-state index in [1.54, 1.807) is 6.07 Å². The van der Waals surface area contributed by atoms with Crippen molar-refractivity contribution < 1.29 is 14.3 Å². The maximum atomic E-state index is 11.9. The first kappa shape index (κ1) is 22.8. The summed E-state index contributed by atoms with van der Waals surface area (Å²) in [6.45, 7) is 7.82. The molecule has 6 atom stereocenters. The highest BCUT2D eigenvalue weighted by Gasteiger charge is 2.48. The third kappa shape index (κ3) is 4.55. The van der Waals surface area contributed by atoms with Gasteiger partial charge in [0.1, 0.15) is 0 Å². The highest BCUT2D eigenvalue weighted by Crippen LogP contribution is 2.49. The number of ether oxygens (including phenoxy) is 2. The largest absolute Gasteiger partial charge is 0.375 e. The molecule has 5 heteroatoms. The van der Waals surface area contributed by atoms with Gasteiger partial charge in [0.05, 0.1) is 17.8 Å². The first-order chi connectivity index (χ1) is 15.0. The lowest BCUT2D eigenvalue weighted by Crippen LogP contribution is -2.51. The smallest absolute Gasteiger partial charge is 0.248 e. The molecule has 31 heavy (non-hydrogen) atoms. The second-order valence-electron chi connectivity index (χ2n) is 10.1. The fraction of sp³-hybridized carbons (Fsp3) is 0.731. The van der Waals surface area contributed by atoms with Gasteiger partial charge in [0, 0.05) is 31.7 Å². The normalized spacial score (nSPS) is 35.4. The standard InChI is InChI=1S/C26H40N2O3/c1-4-28(16-19-13-23-11-12-24(14-19)31-23)17-22-10-5-7-18(2)26(22,30-3)21-9-6-8-20(15-21)25(27)29/h6,8-9,15,18-19,22-24H,4-5,7,10-14,16-17H2,1-3H3,(H2,27,29)/t18?,19-,22?,23+,24-,26?. The van der Waals surface area contributed by atoms with Crippen LogP contribution in [0.4, 0.5) is 0 Å². The van der Waals surface area contributed by atoms with E-state index in [1.807, 2.05) is 19.2 Å². The van der Waals surface area contributed by atoms with Gasteiger partial charge in [0.15, 0.2) is 0 Å². The Kier molecular flexibility index (Phi) is 7.04. The molecule has 5 nitrogen and oxygen atoms in total. The van der Waals surface area contributed by atoms with E-state index in [4.69, 9.17) is 15.2 Å². The molecule has 1 aromatic carbocycles. The molecule has 2 heterocycles. The van der Waals surface area contributed by atoms with Crippen molar-refractivity contribution in [2.45, 2.75) is 76.6 Å². The van der Waals surface area contributed by atoms with E-state index in [1.165, 1.54) is 32.1 Å². The Labute approximate surface area is 187 Å². The average molecular weight is 429 g/mol. The van der Waals surface area contributed by atoms with Gasteiger partial charge in [0.25, 0.3) is 0 Å². The topological polar surface area (TPSA) is 64.8 Å². The zero-order chi connectivity index (χ0) is 22.0. The van der Waals surface area contributed by atoms with Crippen molar-refractivity contribution in [2.75, 3.05) is 26.7 Å². The van der Waals surface area contributed by atoms with Gasteiger partial charge in [-0.15, -0.1) is 0 Å². The Morgan fingerprint density at radius 1 is 1.19 bits per heavy atom. The quantitative estimate of drug-likeness (QED) is 0.669. The van der Waals surface area contributed by atoms with Gasteiger partial charge in [0.2, 0.25) is 5.91 Å². The van der Waals surface area contributed by atoms with E-state index in [2.05, 4.69) is 24.8 Å². The Morgan fingerprint density at radius 2 is 1.94 bits per heavy atom. The maximum Gasteiger partial charge on any atom is 0.248 e. The molecule has 1 aliphatic carbocycles. The van der Waals surface area contributed by atoms with Crippen LogP contribution in [-0.2, 0) is 15.1 Å². The van der Waals surface area contributed by atoms with Crippen LogP contribution >= 0.6 is 0 Å². The summed E-state index contributed by atoms with van der Waals surface area (Å²) in [4.78, 5) is 14.5. The second kappa shape index (κ2) is 9.60. The van der Waals surface area contributed by atoms with Crippen LogP contribution in [0, 0.1) is 17.8 Å². The number of amides is 1. The zero-order valence-corrected chi connectivity index (χ0v) is 19.5. The minimum Gasteiger partial charge on any atom is -0.375 e. The predicted molar refractivity (Wildman–Crippen MR) is 123 cm³/mol. The first-order valence-electron chi connectivity index (χ1n) is 12.3.